The lowest BCUT2D eigenvalue weighted by molar-refractivity contribution is 1.43. The zero-order valence-corrected chi connectivity index (χ0v) is 12.1. The highest BCUT2D eigenvalue weighted by Crippen LogP contribution is 2.24. The van der Waals surface area contributed by atoms with Gasteiger partial charge in [0.2, 0.25) is 0 Å². The molecule has 0 aliphatic heterocycles. The van der Waals surface area contributed by atoms with E-state index in [1.807, 2.05) is 18.2 Å². The minimum absolute atomic E-state index is 1.24. The van der Waals surface area contributed by atoms with Gasteiger partial charge in [-0.3, -0.25) is 0 Å². The highest BCUT2D eigenvalue weighted by atomic mass is 14.1. The Balaban J connectivity index is 3.21. The second-order valence-corrected chi connectivity index (χ2v) is 4.43. The van der Waals surface area contributed by atoms with Gasteiger partial charge in [0.05, 0.1) is 0 Å². The van der Waals surface area contributed by atoms with Crippen molar-refractivity contribution in [3.05, 3.63) is 90.1 Å². The predicted molar refractivity (Wildman–Crippen MR) is 86.9 cm³/mol. The summed E-state index contributed by atoms with van der Waals surface area (Å²) in [6.07, 6.45) is 12.2. The SMILES string of the molecule is C=C\C=C/C=C(C)/C(=C/C(C)=C/C)c1ccccc1. The normalized spacial score (nSPS) is 13.9. The van der Waals surface area contributed by atoms with E-state index in [9.17, 15) is 0 Å². The Morgan fingerprint density at radius 1 is 1.05 bits per heavy atom. The Morgan fingerprint density at radius 3 is 2.32 bits per heavy atom. The molecule has 19 heavy (non-hydrogen) atoms. The van der Waals surface area contributed by atoms with Crippen LogP contribution in [-0.2, 0) is 0 Å². The molecule has 0 unspecified atom stereocenters. The minimum Gasteiger partial charge on any atom is -0.0991 e. The van der Waals surface area contributed by atoms with E-state index in [1.54, 1.807) is 6.08 Å². The summed E-state index contributed by atoms with van der Waals surface area (Å²) in [5.74, 6) is 0. The predicted octanol–water partition coefficient (Wildman–Crippen LogP) is 5.72. The smallest absolute Gasteiger partial charge is 0.0152 e. The van der Waals surface area contributed by atoms with E-state index in [2.05, 4.69) is 69.8 Å². The van der Waals surface area contributed by atoms with Crippen molar-refractivity contribution >= 4 is 5.57 Å². The summed E-state index contributed by atoms with van der Waals surface area (Å²) in [6.45, 7) is 10.00. The lowest BCUT2D eigenvalue weighted by atomic mass is 9.96. The largest absolute Gasteiger partial charge is 0.0991 e. The van der Waals surface area contributed by atoms with E-state index in [0.29, 0.717) is 0 Å². The molecular weight excluding hydrogens is 228 g/mol. The van der Waals surface area contributed by atoms with E-state index in [0.717, 1.165) is 0 Å². The maximum absolute atomic E-state index is 3.68. The molecule has 1 rings (SSSR count). The molecular formula is C19H22. The Kier molecular flexibility index (Phi) is 6.38. The van der Waals surface area contributed by atoms with Crippen LogP contribution in [0.1, 0.15) is 26.3 Å². The van der Waals surface area contributed by atoms with Crippen LogP contribution in [0, 0.1) is 0 Å². The van der Waals surface area contributed by atoms with Gasteiger partial charge in [-0.15, -0.1) is 0 Å². The van der Waals surface area contributed by atoms with Crippen LogP contribution in [0.25, 0.3) is 5.57 Å². The lowest BCUT2D eigenvalue weighted by Gasteiger charge is -2.09. The van der Waals surface area contributed by atoms with Crippen molar-refractivity contribution in [3.63, 3.8) is 0 Å². The summed E-state index contributed by atoms with van der Waals surface area (Å²) >= 11 is 0. The zero-order chi connectivity index (χ0) is 14.1. The second-order valence-electron chi connectivity index (χ2n) is 4.43. The topological polar surface area (TPSA) is 0 Å². The first-order valence-corrected chi connectivity index (χ1v) is 6.55. The van der Waals surface area contributed by atoms with Gasteiger partial charge >= 0.3 is 0 Å². The summed E-state index contributed by atoms with van der Waals surface area (Å²) in [6, 6.07) is 10.5. The van der Waals surface area contributed by atoms with E-state index in [-0.39, 0.29) is 0 Å². The van der Waals surface area contributed by atoms with Crippen molar-refractivity contribution in [2.45, 2.75) is 20.8 Å². The first-order chi connectivity index (χ1) is 9.19. The first-order valence-electron chi connectivity index (χ1n) is 6.55. The third-order valence-electron chi connectivity index (χ3n) is 2.93. The van der Waals surface area contributed by atoms with Gasteiger partial charge < -0.3 is 0 Å². The van der Waals surface area contributed by atoms with Crippen LogP contribution < -0.4 is 0 Å². The molecule has 0 saturated carbocycles. The highest BCUT2D eigenvalue weighted by Gasteiger charge is 2.02. The monoisotopic (exact) mass is 250 g/mol. The fraction of sp³-hybridized carbons (Fsp3) is 0.158. The zero-order valence-electron chi connectivity index (χ0n) is 12.1. The molecule has 0 aliphatic rings. The molecule has 0 fully saturated rings. The molecule has 0 radical (unpaired) electrons. The molecule has 0 aromatic heterocycles. The summed E-state index contributed by atoms with van der Waals surface area (Å²) in [7, 11) is 0. The van der Waals surface area contributed by atoms with E-state index in [4.69, 9.17) is 0 Å². The number of hydrogen-bond donors (Lipinski definition) is 0. The lowest BCUT2D eigenvalue weighted by Crippen LogP contribution is -1.87. The number of benzene rings is 1. The van der Waals surface area contributed by atoms with Crippen molar-refractivity contribution in [1.82, 2.24) is 0 Å². The fourth-order valence-corrected chi connectivity index (χ4v) is 1.72. The molecule has 1 aromatic carbocycles. The van der Waals surface area contributed by atoms with Crippen LogP contribution in [0.3, 0.4) is 0 Å². The van der Waals surface area contributed by atoms with Gasteiger partial charge in [-0.05, 0) is 37.5 Å². The maximum Gasteiger partial charge on any atom is -0.0152 e. The van der Waals surface area contributed by atoms with E-state index >= 15 is 0 Å². The maximum atomic E-state index is 3.68. The number of allylic oxidation sites excluding steroid dienone is 9. The highest BCUT2D eigenvalue weighted by molar-refractivity contribution is 5.80. The van der Waals surface area contributed by atoms with E-state index < -0.39 is 0 Å². The van der Waals surface area contributed by atoms with Crippen molar-refractivity contribution in [1.29, 1.82) is 0 Å². The summed E-state index contributed by atoms with van der Waals surface area (Å²) in [5.41, 5.74) is 5.00. The summed E-state index contributed by atoms with van der Waals surface area (Å²) in [4.78, 5) is 0. The van der Waals surface area contributed by atoms with Crippen LogP contribution in [0.5, 0.6) is 0 Å². The van der Waals surface area contributed by atoms with Gasteiger partial charge in [0, 0.05) is 0 Å². The van der Waals surface area contributed by atoms with Crippen LogP contribution in [-0.4, -0.2) is 0 Å². The Bertz CT molecular complexity index is 522. The van der Waals surface area contributed by atoms with Crippen LogP contribution in [0.4, 0.5) is 0 Å². The third-order valence-corrected chi connectivity index (χ3v) is 2.93. The fourth-order valence-electron chi connectivity index (χ4n) is 1.72. The van der Waals surface area contributed by atoms with Gasteiger partial charge in [-0.25, -0.2) is 0 Å². The number of rotatable bonds is 5. The molecule has 0 N–H and O–H groups in total. The molecule has 0 saturated heterocycles. The average molecular weight is 250 g/mol. The van der Waals surface area contributed by atoms with Crippen molar-refractivity contribution in [2.75, 3.05) is 0 Å². The molecule has 0 amide bonds. The van der Waals surface area contributed by atoms with E-state index in [1.165, 1.54) is 22.3 Å². The Labute approximate surface area is 117 Å². The molecule has 0 aliphatic carbocycles. The molecule has 0 heteroatoms. The van der Waals surface area contributed by atoms with Gasteiger partial charge in [-0.2, -0.15) is 0 Å². The van der Waals surface area contributed by atoms with Crippen LogP contribution in [0.15, 0.2) is 84.5 Å². The summed E-state index contributed by atoms with van der Waals surface area (Å²) < 4.78 is 0. The van der Waals surface area contributed by atoms with Gasteiger partial charge in [0.1, 0.15) is 0 Å². The van der Waals surface area contributed by atoms with Gasteiger partial charge in [-0.1, -0.05) is 78.9 Å². The van der Waals surface area contributed by atoms with Crippen LogP contribution in [0.2, 0.25) is 0 Å². The number of hydrogen-bond acceptors (Lipinski definition) is 0. The standard InChI is InChI=1S/C19H22/c1-5-7-9-12-17(4)19(15-16(3)6-2)18-13-10-8-11-14-18/h5-15H,1H2,2-4H3/b9-7-,16-6+,17-12+,19-15-. The Hall–Kier alpha value is -2.08. The average Bonchev–Trinajstić information content (AvgIpc) is 2.45. The third kappa shape index (κ3) is 4.97. The molecule has 0 nitrogen and oxygen atoms in total. The van der Waals surface area contributed by atoms with Crippen molar-refractivity contribution < 1.29 is 0 Å². The minimum atomic E-state index is 1.24. The summed E-state index contributed by atoms with van der Waals surface area (Å²) in [5, 5.41) is 0. The second kappa shape index (κ2) is 8.10. The van der Waals surface area contributed by atoms with Crippen LogP contribution >= 0.6 is 0 Å². The first kappa shape index (κ1) is 15.0. The molecule has 98 valence electrons. The molecule has 0 spiro atoms. The molecule has 0 bridgehead atoms. The Morgan fingerprint density at radius 2 is 1.74 bits per heavy atom. The molecule has 0 atom stereocenters. The van der Waals surface area contributed by atoms with Gasteiger partial charge in [0.15, 0.2) is 0 Å². The quantitative estimate of drug-likeness (QED) is 0.586. The van der Waals surface area contributed by atoms with Gasteiger partial charge in [0.25, 0.3) is 0 Å². The van der Waals surface area contributed by atoms with Crippen molar-refractivity contribution in [3.8, 4) is 0 Å². The molecule has 0 heterocycles. The molecule has 1 aromatic rings. The van der Waals surface area contributed by atoms with Crippen molar-refractivity contribution in [2.24, 2.45) is 0 Å².